The van der Waals surface area contributed by atoms with Crippen molar-refractivity contribution in [1.29, 1.82) is 0 Å². The van der Waals surface area contributed by atoms with Crippen molar-refractivity contribution in [3.63, 3.8) is 0 Å². The van der Waals surface area contributed by atoms with Crippen molar-refractivity contribution in [2.45, 2.75) is 18.0 Å². The Labute approximate surface area is 118 Å². The van der Waals surface area contributed by atoms with Crippen molar-refractivity contribution in [2.24, 2.45) is 5.92 Å². The van der Waals surface area contributed by atoms with Crippen LogP contribution in [0.3, 0.4) is 0 Å². The van der Waals surface area contributed by atoms with Gasteiger partial charge in [-0.1, -0.05) is 28.9 Å². The van der Waals surface area contributed by atoms with Crippen LogP contribution < -0.4 is 4.72 Å². The van der Waals surface area contributed by atoms with Gasteiger partial charge in [-0.15, -0.1) is 0 Å². The van der Waals surface area contributed by atoms with Gasteiger partial charge in [-0.3, -0.25) is 0 Å². The van der Waals surface area contributed by atoms with Crippen LogP contribution in [0.2, 0.25) is 0 Å². The monoisotopic (exact) mass is 359 g/mol. The van der Waals surface area contributed by atoms with E-state index in [2.05, 4.69) is 20.7 Å². The van der Waals surface area contributed by atoms with Gasteiger partial charge in [0.25, 0.3) is 0 Å². The first-order valence-corrected chi connectivity index (χ1v) is 8.00. The Hall–Kier alpha value is -0.600. The van der Waals surface area contributed by atoms with E-state index in [1.54, 1.807) is 0 Å². The van der Waals surface area contributed by atoms with E-state index >= 15 is 0 Å². The van der Waals surface area contributed by atoms with E-state index in [9.17, 15) is 21.6 Å². The first kappa shape index (κ1) is 16.5. The van der Waals surface area contributed by atoms with Crippen molar-refractivity contribution >= 4 is 26.0 Å². The zero-order chi connectivity index (χ0) is 14.7. The van der Waals surface area contributed by atoms with Gasteiger partial charge in [0.2, 0.25) is 10.0 Å². The number of hydrogen-bond donors (Lipinski definition) is 1. The van der Waals surface area contributed by atoms with Gasteiger partial charge in [0.15, 0.2) is 0 Å². The van der Waals surface area contributed by atoms with Crippen LogP contribution in [-0.4, -0.2) is 20.3 Å². The number of alkyl halides is 4. The summed E-state index contributed by atoms with van der Waals surface area (Å²) < 4.78 is 63.5. The molecule has 0 radical (unpaired) electrons. The first-order chi connectivity index (χ1) is 8.66. The van der Waals surface area contributed by atoms with E-state index in [0.717, 1.165) is 18.2 Å². The molecule has 0 saturated carbocycles. The van der Waals surface area contributed by atoms with E-state index in [1.807, 2.05) is 6.92 Å². The average Bonchev–Trinajstić information content (AvgIpc) is 2.35. The van der Waals surface area contributed by atoms with Crippen LogP contribution in [0.15, 0.2) is 29.2 Å². The summed E-state index contributed by atoms with van der Waals surface area (Å²) in [5.74, 6) is 0.0422. The molecule has 108 valence electrons. The number of sulfonamides is 1. The number of benzene rings is 1. The third-order valence-electron chi connectivity index (χ3n) is 2.36. The van der Waals surface area contributed by atoms with E-state index in [1.165, 1.54) is 0 Å². The van der Waals surface area contributed by atoms with Crippen molar-refractivity contribution in [1.82, 2.24) is 4.72 Å². The Morgan fingerprint density at radius 2 is 2.00 bits per heavy atom. The molecule has 8 heteroatoms. The molecule has 1 aromatic carbocycles. The molecule has 0 aromatic heterocycles. The van der Waals surface area contributed by atoms with Crippen LogP contribution in [0, 0.1) is 5.92 Å². The third-order valence-corrected chi connectivity index (χ3v) is 4.88. The Balaban J connectivity index is 2.96. The molecular weight excluding hydrogens is 347 g/mol. The quantitative estimate of drug-likeness (QED) is 0.821. The zero-order valence-electron chi connectivity index (χ0n) is 10.0. The molecule has 0 fully saturated rings. The summed E-state index contributed by atoms with van der Waals surface area (Å²) in [4.78, 5) is -0.385. The van der Waals surface area contributed by atoms with Crippen LogP contribution in [0.5, 0.6) is 0 Å². The Kier molecular flexibility index (Phi) is 5.40. The van der Waals surface area contributed by atoms with Crippen molar-refractivity contribution in [3.8, 4) is 0 Å². The highest BCUT2D eigenvalue weighted by molar-refractivity contribution is 9.09. The molecule has 1 aromatic rings. The van der Waals surface area contributed by atoms with Crippen LogP contribution in [-0.2, 0) is 16.2 Å². The summed E-state index contributed by atoms with van der Waals surface area (Å²) in [6, 6.07) is 3.67. The maximum atomic E-state index is 12.5. The lowest BCUT2D eigenvalue weighted by atomic mass is 10.2. The molecule has 1 atom stereocenters. The largest absolute Gasteiger partial charge is 0.416 e. The molecule has 0 amide bonds. The lowest BCUT2D eigenvalue weighted by Crippen LogP contribution is -2.29. The van der Waals surface area contributed by atoms with Crippen LogP contribution in [0.1, 0.15) is 12.5 Å². The summed E-state index contributed by atoms with van der Waals surface area (Å²) in [6.45, 7) is 1.97. The van der Waals surface area contributed by atoms with E-state index in [0.29, 0.717) is 11.4 Å². The standard InChI is InChI=1S/C11H13BrF3NO2S/c1-8(6-12)7-16-19(17,18)10-4-2-3-9(5-10)11(13,14)15/h2-5,8,16H,6-7H2,1H3. The highest BCUT2D eigenvalue weighted by Crippen LogP contribution is 2.30. The van der Waals surface area contributed by atoms with Gasteiger partial charge < -0.3 is 0 Å². The summed E-state index contributed by atoms with van der Waals surface area (Å²) in [5.41, 5.74) is -0.982. The summed E-state index contributed by atoms with van der Waals surface area (Å²) in [6.07, 6.45) is -4.56. The lowest BCUT2D eigenvalue weighted by molar-refractivity contribution is -0.137. The first-order valence-electron chi connectivity index (χ1n) is 5.39. The molecule has 0 aliphatic heterocycles. The minimum atomic E-state index is -4.56. The van der Waals surface area contributed by atoms with Crippen molar-refractivity contribution < 1.29 is 21.6 Å². The molecular formula is C11H13BrF3NO2S. The predicted octanol–water partition coefficient (Wildman–Crippen LogP) is 3.01. The van der Waals surface area contributed by atoms with E-state index in [4.69, 9.17) is 0 Å². The molecule has 0 spiro atoms. The molecule has 0 heterocycles. The average molecular weight is 360 g/mol. The summed E-state index contributed by atoms with van der Waals surface area (Å²) in [7, 11) is -3.92. The van der Waals surface area contributed by atoms with Gasteiger partial charge in [0, 0.05) is 11.9 Å². The van der Waals surface area contributed by atoms with Crippen molar-refractivity contribution in [2.75, 3.05) is 11.9 Å². The molecule has 19 heavy (non-hydrogen) atoms. The Morgan fingerprint density at radius 3 is 2.53 bits per heavy atom. The second kappa shape index (κ2) is 6.23. The lowest BCUT2D eigenvalue weighted by Gasteiger charge is -2.12. The molecule has 0 saturated heterocycles. The molecule has 3 nitrogen and oxygen atoms in total. The molecule has 0 bridgehead atoms. The fraction of sp³-hybridized carbons (Fsp3) is 0.455. The zero-order valence-corrected chi connectivity index (χ0v) is 12.4. The topological polar surface area (TPSA) is 46.2 Å². The van der Waals surface area contributed by atoms with Gasteiger partial charge in [-0.05, 0) is 24.1 Å². The fourth-order valence-corrected chi connectivity index (χ4v) is 2.67. The second-order valence-electron chi connectivity index (χ2n) is 4.14. The molecule has 1 N–H and O–H groups in total. The van der Waals surface area contributed by atoms with Gasteiger partial charge in [-0.2, -0.15) is 13.2 Å². The van der Waals surface area contributed by atoms with Gasteiger partial charge in [-0.25, -0.2) is 13.1 Å². The highest BCUT2D eigenvalue weighted by Gasteiger charge is 2.31. The SMILES string of the molecule is CC(CBr)CNS(=O)(=O)c1cccc(C(F)(F)F)c1. The molecule has 1 unspecified atom stereocenters. The minimum absolute atomic E-state index is 0.0422. The summed E-state index contributed by atoms with van der Waals surface area (Å²) in [5, 5.41) is 0.595. The Morgan fingerprint density at radius 1 is 1.37 bits per heavy atom. The summed E-state index contributed by atoms with van der Waals surface area (Å²) >= 11 is 3.19. The van der Waals surface area contributed by atoms with E-state index in [-0.39, 0.29) is 17.4 Å². The van der Waals surface area contributed by atoms with Gasteiger partial charge in [0.05, 0.1) is 10.5 Å². The predicted molar refractivity (Wildman–Crippen MR) is 69.6 cm³/mol. The second-order valence-corrected chi connectivity index (χ2v) is 6.55. The smallest absolute Gasteiger partial charge is 0.211 e. The number of halogens is 4. The number of nitrogens with one attached hydrogen (secondary N) is 1. The maximum absolute atomic E-state index is 12.5. The third kappa shape index (κ3) is 4.77. The molecule has 0 aliphatic carbocycles. The normalized spacial score (nSPS) is 14.4. The Bertz CT molecular complexity index is 531. The van der Waals surface area contributed by atoms with Crippen molar-refractivity contribution in [3.05, 3.63) is 29.8 Å². The van der Waals surface area contributed by atoms with Crippen LogP contribution in [0.4, 0.5) is 13.2 Å². The van der Waals surface area contributed by atoms with Crippen LogP contribution in [0.25, 0.3) is 0 Å². The minimum Gasteiger partial charge on any atom is -0.211 e. The van der Waals surface area contributed by atoms with Gasteiger partial charge in [0.1, 0.15) is 0 Å². The number of hydrogen-bond acceptors (Lipinski definition) is 2. The number of rotatable bonds is 5. The van der Waals surface area contributed by atoms with E-state index < -0.39 is 21.8 Å². The fourth-order valence-electron chi connectivity index (χ4n) is 1.23. The van der Waals surface area contributed by atoms with Gasteiger partial charge >= 0.3 is 6.18 Å². The molecule has 0 aliphatic rings. The maximum Gasteiger partial charge on any atom is 0.416 e. The molecule has 1 rings (SSSR count). The highest BCUT2D eigenvalue weighted by atomic mass is 79.9. The van der Waals surface area contributed by atoms with Crippen LogP contribution >= 0.6 is 15.9 Å².